The largest absolute Gasteiger partial charge is 0.395 e. The first-order chi connectivity index (χ1) is 8.13. The van der Waals surface area contributed by atoms with Gasteiger partial charge in [0.15, 0.2) is 0 Å². The van der Waals surface area contributed by atoms with Crippen molar-refractivity contribution in [3.63, 3.8) is 0 Å². The van der Waals surface area contributed by atoms with Gasteiger partial charge in [-0.25, -0.2) is 0 Å². The maximum atomic E-state index is 12.1. The summed E-state index contributed by atoms with van der Waals surface area (Å²) in [6, 6.07) is 6.02. The lowest BCUT2D eigenvalue weighted by atomic mass is 10.0. The maximum Gasteiger partial charge on any atom is 0.232 e. The average Bonchev–Trinajstić information content (AvgIpc) is 3.12. The molecular weight excluding hydrogens is 214 g/mol. The summed E-state index contributed by atoms with van der Waals surface area (Å²) in [7, 11) is 0. The molecule has 1 aliphatic rings. The van der Waals surface area contributed by atoms with Crippen molar-refractivity contribution in [2.45, 2.75) is 33.1 Å². The van der Waals surface area contributed by atoms with E-state index in [4.69, 9.17) is 0 Å². The molecular formula is C14H19NO2. The molecule has 1 aliphatic carbocycles. The number of benzene rings is 1. The Balaban J connectivity index is 2.21. The van der Waals surface area contributed by atoms with Crippen LogP contribution in [0.3, 0.4) is 0 Å². The SMILES string of the molecule is CCc1cccc(C)c1NC(=O)C1(CO)CC1. The lowest BCUT2D eigenvalue weighted by molar-refractivity contribution is -0.122. The second kappa shape index (κ2) is 4.49. The Morgan fingerprint density at radius 1 is 1.47 bits per heavy atom. The van der Waals surface area contributed by atoms with Crippen LogP contribution in [0.15, 0.2) is 18.2 Å². The van der Waals surface area contributed by atoms with Gasteiger partial charge in [0.2, 0.25) is 5.91 Å². The number of carbonyl (C=O) groups excluding carboxylic acids is 1. The quantitative estimate of drug-likeness (QED) is 0.838. The first kappa shape index (κ1) is 12.1. The van der Waals surface area contributed by atoms with E-state index in [1.807, 2.05) is 25.1 Å². The first-order valence-electron chi connectivity index (χ1n) is 6.14. The summed E-state index contributed by atoms with van der Waals surface area (Å²) in [5.74, 6) is -0.0380. The molecule has 0 radical (unpaired) electrons. The van der Waals surface area contributed by atoms with Gasteiger partial charge >= 0.3 is 0 Å². The molecule has 2 rings (SSSR count). The molecule has 0 unspecified atom stereocenters. The van der Waals surface area contributed by atoms with E-state index in [-0.39, 0.29) is 12.5 Å². The minimum atomic E-state index is -0.507. The van der Waals surface area contributed by atoms with E-state index in [1.54, 1.807) is 0 Å². The van der Waals surface area contributed by atoms with E-state index >= 15 is 0 Å². The van der Waals surface area contributed by atoms with E-state index in [0.717, 1.165) is 36.1 Å². The summed E-state index contributed by atoms with van der Waals surface area (Å²) in [5.41, 5.74) is 2.63. The van der Waals surface area contributed by atoms with Crippen molar-refractivity contribution in [3.8, 4) is 0 Å². The van der Waals surface area contributed by atoms with Crippen LogP contribution in [0.25, 0.3) is 0 Å². The Morgan fingerprint density at radius 2 is 2.18 bits per heavy atom. The summed E-state index contributed by atoms with van der Waals surface area (Å²) in [4.78, 5) is 12.1. The normalized spacial score (nSPS) is 16.6. The fourth-order valence-electron chi connectivity index (χ4n) is 2.06. The van der Waals surface area contributed by atoms with Crippen LogP contribution in [0.4, 0.5) is 5.69 Å². The molecule has 2 N–H and O–H groups in total. The van der Waals surface area contributed by atoms with Crippen molar-refractivity contribution < 1.29 is 9.90 Å². The number of hydrogen-bond donors (Lipinski definition) is 2. The van der Waals surface area contributed by atoms with Gasteiger partial charge in [-0.1, -0.05) is 25.1 Å². The van der Waals surface area contributed by atoms with Gasteiger partial charge in [0.1, 0.15) is 0 Å². The van der Waals surface area contributed by atoms with E-state index in [2.05, 4.69) is 12.2 Å². The number of amides is 1. The highest BCUT2D eigenvalue weighted by Crippen LogP contribution is 2.46. The van der Waals surface area contributed by atoms with Crippen LogP contribution in [0.1, 0.15) is 30.9 Å². The highest BCUT2D eigenvalue weighted by atomic mass is 16.3. The number of aliphatic hydroxyl groups is 1. The van der Waals surface area contributed by atoms with Gasteiger partial charge in [-0.3, -0.25) is 4.79 Å². The number of carbonyl (C=O) groups is 1. The molecule has 92 valence electrons. The number of nitrogens with one attached hydrogen (secondary N) is 1. The zero-order valence-corrected chi connectivity index (χ0v) is 10.4. The predicted molar refractivity (Wildman–Crippen MR) is 67.9 cm³/mol. The third-order valence-electron chi connectivity index (χ3n) is 3.62. The lowest BCUT2D eigenvalue weighted by Crippen LogP contribution is -2.28. The molecule has 1 saturated carbocycles. The number of rotatable bonds is 4. The molecule has 0 aromatic heterocycles. The molecule has 3 heteroatoms. The van der Waals surface area contributed by atoms with E-state index in [0.29, 0.717) is 0 Å². The third-order valence-corrected chi connectivity index (χ3v) is 3.62. The topological polar surface area (TPSA) is 49.3 Å². The Bertz CT molecular complexity index is 436. The molecule has 3 nitrogen and oxygen atoms in total. The maximum absolute atomic E-state index is 12.1. The zero-order chi connectivity index (χ0) is 12.5. The Hall–Kier alpha value is -1.35. The summed E-state index contributed by atoms with van der Waals surface area (Å²) in [6.07, 6.45) is 2.48. The van der Waals surface area contributed by atoms with Crippen LogP contribution in [-0.4, -0.2) is 17.6 Å². The molecule has 0 heterocycles. The first-order valence-corrected chi connectivity index (χ1v) is 6.14. The van der Waals surface area contributed by atoms with Crippen molar-refractivity contribution in [1.29, 1.82) is 0 Å². The standard InChI is InChI=1S/C14H19NO2/c1-3-11-6-4-5-10(2)12(11)15-13(17)14(9-16)7-8-14/h4-6,16H,3,7-9H2,1-2H3,(H,15,17). The molecule has 1 aromatic carbocycles. The second-order valence-electron chi connectivity index (χ2n) is 4.86. The number of aliphatic hydroxyl groups excluding tert-OH is 1. The van der Waals surface area contributed by atoms with Crippen molar-refractivity contribution >= 4 is 11.6 Å². The summed E-state index contributed by atoms with van der Waals surface area (Å²) < 4.78 is 0. The van der Waals surface area contributed by atoms with Gasteiger partial charge in [-0.2, -0.15) is 0 Å². The van der Waals surface area contributed by atoms with Gasteiger partial charge < -0.3 is 10.4 Å². The number of para-hydroxylation sites is 1. The second-order valence-corrected chi connectivity index (χ2v) is 4.86. The van der Waals surface area contributed by atoms with Crippen molar-refractivity contribution in [1.82, 2.24) is 0 Å². The van der Waals surface area contributed by atoms with Crippen molar-refractivity contribution in [2.75, 3.05) is 11.9 Å². The zero-order valence-electron chi connectivity index (χ0n) is 10.4. The van der Waals surface area contributed by atoms with Crippen LogP contribution < -0.4 is 5.32 Å². The van der Waals surface area contributed by atoms with Gasteiger partial charge in [0.25, 0.3) is 0 Å². The van der Waals surface area contributed by atoms with Gasteiger partial charge in [0.05, 0.1) is 12.0 Å². The summed E-state index contributed by atoms with van der Waals surface area (Å²) in [5, 5.41) is 12.2. The Morgan fingerprint density at radius 3 is 2.71 bits per heavy atom. The van der Waals surface area contributed by atoms with E-state index in [1.165, 1.54) is 0 Å². The van der Waals surface area contributed by atoms with Gasteiger partial charge in [-0.15, -0.1) is 0 Å². The molecule has 17 heavy (non-hydrogen) atoms. The van der Waals surface area contributed by atoms with E-state index in [9.17, 15) is 9.90 Å². The van der Waals surface area contributed by atoms with Crippen LogP contribution in [-0.2, 0) is 11.2 Å². The average molecular weight is 233 g/mol. The van der Waals surface area contributed by atoms with Crippen molar-refractivity contribution in [2.24, 2.45) is 5.41 Å². The van der Waals surface area contributed by atoms with E-state index < -0.39 is 5.41 Å². The molecule has 0 saturated heterocycles. The predicted octanol–water partition coefficient (Wildman–Crippen LogP) is 2.27. The van der Waals surface area contributed by atoms with Gasteiger partial charge in [-0.05, 0) is 37.3 Å². The highest BCUT2D eigenvalue weighted by Gasteiger charge is 2.49. The Labute approximate surface area is 102 Å². The minimum Gasteiger partial charge on any atom is -0.395 e. The summed E-state index contributed by atoms with van der Waals surface area (Å²) >= 11 is 0. The van der Waals surface area contributed by atoms with Crippen LogP contribution in [0, 0.1) is 12.3 Å². The Kier molecular flexibility index (Phi) is 3.20. The lowest BCUT2D eigenvalue weighted by Gasteiger charge is -2.16. The smallest absolute Gasteiger partial charge is 0.232 e. The molecule has 0 spiro atoms. The molecule has 1 amide bonds. The number of hydrogen-bond acceptors (Lipinski definition) is 2. The minimum absolute atomic E-state index is 0.0380. The highest BCUT2D eigenvalue weighted by molar-refractivity contribution is 5.98. The molecule has 0 bridgehead atoms. The van der Waals surface area contributed by atoms with Crippen LogP contribution in [0.5, 0.6) is 0 Å². The molecule has 0 aliphatic heterocycles. The molecule has 0 atom stereocenters. The van der Waals surface area contributed by atoms with Gasteiger partial charge in [0, 0.05) is 5.69 Å². The fourth-order valence-corrected chi connectivity index (χ4v) is 2.06. The van der Waals surface area contributed by atoms with Crippen LogP contribution >= 0.6 is 0 Å². The molecule has 1 aromatic rings. The number of aryl methyl sites for hydroxylation is 2. The fraction of sp³-hybridized carbons (Fsp3) is 0.500. The number of anilines is 1. The monoisotopic (exact) mass is 233 g/mol. The van der Waals surface area contributed by atoms with Crippen molar-refractivity contribution in [3.05, 3.63) is 29.3 Å². The molecule has 1 fully saturated rings. The summed E-state index contributed by atoms with van der Waals surface area (Å²) in [6.45, 7) is 4.02. The van der Waals surface area contributed by atoms with Crippen LogP contribution in [0.2, 0.25) is 0 Å². The third kappa shape index (κ3) is 2.20.